The highest BCUT2D eigenvalue weighted by atomic mass is 16.6. The summed E-state index contributed by atoms with van der Waals surface area (Å²) in [6, 6.07) is 14.6. The van der Waals surface area contributed by atoms with Crippen molar-refractivity contribution >= 4 is 17.1 Å². The van der Waals surface area contributed by atoms with E-state index in [-0.39, 0.29) is 22.6 Å². The molecule has 0 amide bonds. The number of ketones is 1. The van der Waals surface area contributed by atoms with Gasteiger partial charge >= 0.3 is 0 Å². The lowest BCUT2D eigenvalue weighted by atomic mass is 10.0. The molecule has 0 aliphatic rings. The highest BCUT2D eigenvalue weighted by Crippen LogP contribution is 2.26. The van der Waals surface area contributed by atoms with Crippen molar-refractivity contribution < 1.29 is 14.8 Å². The number of carbonyl (C=O) groups is 1. The molecule has 0 saturated heterocycles. The molecule has 0 aliphatic heterocycles. The normalized spacial score (nSPS) is 10.8. The lowest BCUT2D eigenvalue weighted by Gasteiger charge is -2.04. The fourth-order valence-electron chi connectivity index (χ4n) is 2.72. The van der Waals surface area contributed by atoms with Crippen molar-refractivity contribution in [2.24, 2.45) is 0 Å². The fourth-order valence-corrected chi connectivity index (χ4v) is 2.72. The van der Waals surface area contributed by atoms with Gasteiger partial charge in [-0.1, -0.05) is 30.3 Å². The van der Waals surface area contributed by atoms with E-state index in [1.165, 1.54) is 16.9 Å². The van der Waals surface area contributed by atoms with Crippen LogP contribution in [0.5, 0.6) is 5.75 Å². The van der Waals surface area contributed by atoms with E-state index in [1.807, 2.05) is 30.3 Å². The van der Waals surface area contributed by atoms with Crippen molar-refractivity contribution in [3.8, 4) is 17.0 Å². The molecule has 132 valence electrons. The topological polar surface area (TPSA) is 111 Å². The van der Waals surface area contributed by atoms with Crippen LogP contribution < -0.4 is 0 Å². The number of phenols is 1. The minimum absolute atomic E-state index is 0.154. The number of non-ortho nitro benzene ring substituents is 1. The van der Waals surface area contributed by atoms with E-state index < -0.39 is 10.7 Å². The number of rotatable bonds is 4. The summed E-state index contributed by atoms with van der Waals surface area (Å²) in [6.45, 7) is 0. The molecule has 0 bridgehead atoms. The van der Waals surface area contributed by atoms with Gasteiger partial charge in [-0.15, -0.1) is 0 Å². The van der Waals surface area contributed by atoms with Gasteiger partial charge in [-0.25, -0.2) is 9.50 Å². The van der Waals surface area contributed by atoms with Crippen LogP contribution in [0.25, 0.3) is 16.9 Å². The van der Waals surface area contributed by atoms with Crippen LogP contribution in [0.4, 0.5) is 5.69 Å². The summed E-state index contributed by atoms with van der Waals surface area (Å²) in [5.41, 5.74) is 1.87. The number of hydrogen-bond donors (Lipinski definition) is 1. The molecule has 0 atom stereocenters. The molecule has 0 spiro atoms. The number of hydrogen-bond acceptors (Lipinski definition) is 6. The molecule has 1 N–H and O–H groups in total. The molecule has 27 heavy (non-hydrogen) atoms. The minimum Gasteiger partial charge on any atom is -0.507 e. The Morgan fingerprint density at radius 3 is 2.63 bits per heavy atom. The molecule has 0 radical (unpaired) electrons. The van der Waals surface area contributed by atoms with Crippen molar-refractivity contribution in [3.05, 3.63) is 88.2 Å². The molecule has 4 rings (SSSR count). The van der Waals surface area contributed by atoms with Crippen molar-refractivity contribution in [2.75, 3.05) is 0 Å². The lowest BCUT2D eigenvalue weighted by Crippen LogP contribution is -2.05. The number of phenolic OH excluding ortho intramolecular Hbond substituents is 1. The summed E-state index contributed by atoms with van der Waals surface area (Å²) in [7, 11) is 0. The molecule has 8 nitrogen and oxygen atoms in total. The summed E-state index contributed by atoms with van der Waals surface area (Å²) >= 11 is 0. The summed E-state index contributed by atoms with van der Waals surface area (Å²) < 4.78 is 1.46. The standard InChI is InChI=1S/C19H12N4O4/c24-17-7-6-14(23(26)27)8-15(17)19(25)13-10-20-18-9-16(21-22(18)11-13)12-4-2-1-3-5-12/h1-11,24H. The van der Waals surface area contributed by atoms with Gasteiger partial charge < -0.3 is 5.11 Å². The predicted octanol–water partition coefficient (Wildman–Crippen LogP) is 3.24. The quantitative estimate of drug-likeness (QED) is 0.340. The Morgan fingerprint density at radius 1 is 1.11 bits per heavy atom. The number of aromatic hydroxyl groups is 1. The Hall–Kier alpha value is -4.07. The second kappa shape index (κ2) is 6.34. The summed E-state index contributed by atoms with van der Waals surface area (Å²) in [5.74, 6) is -0.918. The molecular formula is C19H12N4O4. The smallest absolute Gasteiger partial charge is 0.270 e. The van der Waals surface area contributed by atoms with Gasteiger partial charge in [-0.2, -0.15) is 5.10 Å². The Bertz CT molecular complexity index is 1190. The van der Waals surface area contributed by atoms with Gasteiger partial charge in [0.25, 0.3) is 5.69 Å². The molecule has 2 aromatic carbocycles. The maximum atomic E-state index is 12.7. The van der Waals surface area contributed by atoms with Gasteiger partial charge in [0.1, 0.15) is 5.75 Å². The van der Waals surface area contributed by atoms with E-state index in [4.69, 9.17) is 0 Å². The molecule has 0 fully saturated rings. The van der Waals surface area contributed by atoms with Crippen LogP contribution in [-0.4, -0.2) is 30.4 Å². The van der Waals surface area contributed by atoms with Crippen LogP contribution in [0.1, 0.15) is 15.9 Å². The van der Waals surface area contributed by atoms with Crippen LogP contribution in [0.2, 0.25) is 0 Å². The van der Waals surface area contributed by atoms with Gasteiger partial charge in [0.15, 0.2) is 11.4 Å². The Labute approximate surface area is 152 Å². The zero-order valence-corrected chi connectivity index (χ0v) is 13.8. The zero-order valence-electron chi connectivity index (χ0n) is 13.8. The maximum absolute atomic E-state index is 12.7. The Balaban J connectivity index is 1.75. The number of carbonyl (C=O) groups excluding carboxylic acids is 1. The zero-order chi connectivity index (χ0) is 19.0. The molecule has 4 aromatic rings. The van der Waals surface area contributed by atoms with Crippen LogP contribution in [0.15, 0.2) is 67.0 Å². The summed E-state index contributed by atoms with van der Waals surface area (Å²) in [6.07, 6.45) is 2.84. The predicted molar refractivity (Wildman–Crippen MR) is 96.6 cm³/mol. The first kappa shape index (κ1) is 16.4. The van der Waals surface area contributed by atoms with E-state index in [2.05, 4.69) is 10.1 Å². The summed E-state index contributed by atoms with van der Waals surface area (Å²) in [4.78, 5) is 27.2. The number of fused-ring (bicyclic) bond motifs is 1. The highest BCUT2D eigenvalue weighted by Gasteiger charge is 2.19. The Morgan fingerprint density at radius 2 is 1.89 bits per heavy atom. The number of aromatic nitrogens is 3. The van der Waals surface area contributed by atoms with Gasteiger partial charge in [0.05, 0.1) is 21.7 Å². The second-order valence-electron chi connectivity index (χ2n) is 5.83. The van der Waals surface area contributed by atoms with E-state index in [9.17, 15) is 20.0 Å². The number of nitro groups is 1. The average molecular weight is 360 g/mol. The minimum atomic E-state index is -0.628. The monoisotopic (exact) mass is 360 g/mol. The van der Waals surface area contributed by atoms with Crippen LogP contribution in [0, 0.1) is 10.1 Å². The molecule has 0 unspecified atom stereocenters. The first-order chi connectivity index (χ1) is 13.0. The van der Waals surface area contributed by atoms with Gasteiger partial charge in [0.2, 0.25) is 0 Å². The van der Waals surface area contributed by atoms with Gasteiger partial charge in [-0.05, 0) is 6.07 Å². The third-order valence-electron chi connectivity index (χ3n) is 4.08. The van der Waals surface area contributed by atoms with Gasteiger partial charge in [0, 0.05) is 36.2 Å². The number of benzene rings is 2. The largest absolute Gasteiger partial charge is 0.507 e. The third-order valence-corrected chi connectivity index (χ3v) is 4.08. The van der Waals surface area contributed by atoms with Crippen molar-refractivity contribution in [3.63, 3.8) is 0 Å². The van der Waals surface area contributed by atoms with E-state index >= 15 is 0 Å². The molecular weight excluding hydrogens is 348 g/mol. The van der Waals surface area contributed by atoms with Crippen molar-refractivity contribution in [1.82, 2.24) is 14.6 Å². The number of nitrogens with zero attached hydrogens (tertiary/aromatic N) is 4. The van der Waals surface area contributed by atoms with Gasteiger partial charge in [-0.3, -0.25) is 14.9 Å². The SMILES string of the molecule is O=C(c1cnc2cc(-c3ccccc3)nn2c1)c1cc([N+](=O)[O-])ccc1O. The average Bonchev–Trinajstić information content (AvgIpc) is 3.11. The van der Waals surface area contributed by atoms with Crippen LogP contribution in [0.3, 0.4) is 0 Å². The first-order valence-electron chi connectivity index (χ1n) is 7.96. The molecule has 0 saturated carbocycles. The molecule has 2 aromatic heterocycles. The molecule has 8 heteroatoms. The van der Waals surface area contributed by atoms with Crippen molar-refractivity contribution in [1.29, 1.82) is 0 Å². The first-order valence-corrected chi connectivity index (χ1v) is 7.96. The lowest BCUT2D eigenvalue weighted by molar-refractivity contribution is -0.384. The van der Waals surface area contributed by atoms with Crippen LogP contribution >= 0.6 is 0 Å². The van der Waals surface area contributed by atoms with Crippen molar-refractivity contribution in [2.45, 2.75) is 0 Å². The van der Waals surface area contributed by atoms with E-state index in [1.54, 1.807) is 6.07 Å². The fraction of sp³-hybridized carbons (Fsp3) is 0. The Kier molecular flexibility index (Phi) is 3.85. The van der Waals surface area contributed by atoms with E-state index in [0.717, 1.165) is 23.8 Å². The van der Waals surface area contributed by atoms with E-state index in [0.29, 0.717) is 11.3 Å². The maximum Gasteiger partial charge on any atom is 0.270 e. The highest BCUT2D eigenvalue weighted by molar-refractivity contribution is 6.10. The summed E-state index contributed by atoms with van der Waals surface area (Å²) in [5, 5.41) is 25.3. The number of nitro benzene ring substituents is 1. The molecule has 2 heterocycles. The molecule has 0 aliphatic carbocycles. The second-order valence-corrected chi connectivity index (χ2v) is 5.83. The third kappa shape index (κ3) is 2.99. The van der Waals surface area contributed by atoms with Crippen LogP contribution in [-0.2, 0) is 0 Å².